The van der Waals surface area contributed by atoms with E-state index in [0.29, 0.717) is 24.2 Å². The fourth-order valence-corrected chi connectivity index (χ4v) is 5.81. The Kier molecular flexibility index (Phi) is 11.7. The number of aliphatic hydroxyl groups excluding tert-OH is 1. The molecule has 0 aliphatic heterocycles. The van der Waals surface area contributed by atoms with Gasteiger partial charge in [-0.15, -0.1) is 0 Å². The average molecular weight is 606 g/mol. The molecule has 3 aromatic rings. The van der Waals surface area contributed by atoms with Crippen LogP contribution < -0.4 is 16.4 Å². The second-order valence-corrected chi connectivity index (χ2v) is 17.5. The van der Waals surface area contributed by atoms with E-state index in [4.69, 9.17) is 10.2 Å². The number of carbonyl (C=O) groups excluding carboxylic acids is 2. The third kappa shape index (κ3) is 10.0. The topological polar surface area (TPSA) is 134 Å². The van der Waals surface area contributed by atoms with Gasteiger partial charge in [-0.05, 0) is 78.0 Å². The molecule has 0 radical (unpaired) electrons. The summed E-state index contributed by atoms with van der Waals surface area (Å²) in [6, 6.07) is 20.4. The summed E-state index contributed by atoms with van der Waals surface area (Å²) >= 11 is 0. The molecule has 0 aliphatic rings. The Morgan fingerprint density at radius 1 is 0.977 bits per heavy atom. The molecule has 2 atom stereocenters. The molecule has 3 aromatic carbocycles. The Labute approximate surface area is 256 Å². The summed E-state index contributed by atoms with van der Waals surface area (Å²) in [5.41, 5.74) is 10.1. The molecule has 0 saturated heterocycles. The highest BCUT2D eigenvalue weighted by atomic mass is 28.4. The molecule has 0 fully saturated rings. The smallest absolute Gasteiger partial charge is 0.248 e. The average Bonchev–Trinajstić information content (AvgIpc) is 2.94. The zero-order valence-electron chi connectivity index (χ0n) is 26.2. The molecule has 0 aliphatic carbocycles. The highest BCUT2D eigenvalue weighted by molar-refractivity contribution is 6.74. The van der Waals surface area contributed by atoms with E-state index in [2.05, 4.69) is 63.6 Å². The van der Waals surface area contributed by atoms with E-state index in [1.165, 1.54) is 0 Å². The van der Waals surface area contributed by atoms with Gasteiger partial charge in [0.2, 0.25) is 11.8 Å². The van der Waals surface area contributed by atoms with Crippen molar-refractivity contribution in [3.05, 3.63) is 100 Å². The fourth-order valence-electron chi connectivity index (χ4n) is 4.53. The first-order chi connectivity index (χ1) is 20.2. The van der Waals surface area contributed by atoms with Gasteiger partial charge < -0.3 is 31.0 Å². The van der Waals surface area contributed by atoms with E-state index in [1.54, 1.807) is 30.3 Å². The Morgan fingerprint density at radius 2 is 1.65 bits per heavy atom. The molecule has 2 amide bonds. The number of amides is 2. The monoisotopic (exact) mass is 605 g/mol. The third-order valence-electron chi connectivity index (χ3n) is 8.17. The van der Waals surface area contributed by atoms with Gasteiger partial charge in [0.05, 0.1) is 19.1 Å². The van der Waals surface area contributed by atoms with Crippen molar-refractivity contribution in [2.45, 2.75) is 84.0 Å². The Hall–Kier alpha value is -3.50. The number of hydrogen-bond donors (Lipinski definition) is 5. The zero-order valence-corrected chi connectivity index (χ0v) is 27.2. The molecule has 9 heteroatoms. The van der Waals surface area contributed by atoms with Crippen molar-refractivity contribution in [2.24, 2.45) is 5.73 Å². The molecular weight excluding hydrogens is 558 g/mol. The maximum Gasteiger partial charge on any atom is 0.248 e. The lowest BCUT2D eigenvalue weighted by Crippen LogP contribution is -2.44. The first kappa shape index (κ1) is 34.0. The molecule has 0 aromatic heterocycles. The Morgan fingerprint density at radius 3 is 2.28 bits per heavy atom. The lowest BCUT2D eigenvalue weighted by molar-refractivity contribution is -0.120. The maximum absolute atomic E-state index is 12.6. The lowest BCUT2D eigenvalue weighted by atomic mass is 10.0. The Bertz CT molecular complexity index is 1390. The molecule has 0 heterocycles. The fraction of sp³-hybridized carbons (Fsp3) is 0.412. The van der Waals surface area contributed by atoms with Gasteiger partial charge in [0.15, 0.2) is 8.32 Å². The minimum Gasteiger partial charge on any atom is -0.508 e. The normalized spacial score (nSPS) is 13.4. The molecule has 8 nitrogen and oxygen atoms in total. The number of aromatic hydroxyl groups is 1. The van der Waals surface area contributed by atoms with Crippen LogP contribution in [0.2, 0.25) is 18.1 Å². The highest BCUT2D eigenvalue weighted by Crippen LogP contribution is 2.40. The number of carbonyl (C=O) groups is 2. The molecule has 0 unspecified atom stereocenters. The third-order valence-corrected chi connectivity index (χ3v) is 12.7. The summed E-state index contributed by atoms with van der Waals surface area (Å²) in [5, 5.41) is 26.4. The van der Waals surface area contributed by atoms with E-state index in [1.807, 2.05) is 24.3 Å². The van der Waals surface area contributed by atoms with Crippen molar-refractivity contribution in [3.63, 3.8) is 0 Å². The molecular formula is C34H47N3O5Si. The van der Waals surface area contributed by atoms with Crippen molar-refractivity contribution in [1.29, 1.82) is 0 Å². The number of phenols is 1. The molecule has 0 saturated carbocycles. The van der Waals surface area contributed by atoms with E-state index >= 15 is 0 Å². The second kappa shape index (κ2) is 14.8. The predicted octanol–water partition coefficient (Wildman–Crippen LogP) is 5.13. The van der Waals surface area contributed by atoms with E-state index in [9.17, 15) is 19.8 Å². The molecule has 0 bridgehead atoms. The quantitative estimate of drug-likeness (QED) is 0.162. The van der Waals surface area contributed by atoms with Crippen molar-refractivity contribution >= 4 is 20.1 Å². The van der Waals surface area contributed by atoms with Gasteiger partial charge in [0, 0.05) is 30.3 Å². The van der Waals surface area contributed by atoms with Crippen molar-refractivity contribution in [2.75, 3.05) is 6.54 Å². The maximum atomic E-state index is 12.6. The number of aliphatic hydroxyl groups is 1. The van der Waals surface area contributed by atoms with Gasteiger partial charge in [-0.2, -0.15) is 0 Å². The number of benzene rings is 3. The van der Waals surface area contributed by atoms with Crippen LogP contribution in [0.25, 0.3) is 0 Å². The highest BCUT2D eigenvalue weighted by Gasteiger charge is 2.39. The number of hydrogen-bond acceptors (Lipinski definition) is 6. The minimum absolute atomic E-state index is 0.0237. The van der Waals surface area contributed by atoms with E-state index in [0.717, 1.165) is 28.7 Å². The first-order valence-corrected chi connectivity index (χ1v) is 17.7. The van der Waals surface area contributed by atoms with Crippen LogP contribution in [0, 0.1) is 0 Å². The first-order valence-electron chi connectivity index (χ1n) is 14.8. The van der Waals surface area contributed by atoms with Crippen LogP contribution in [0.5, 0.6) is 5.75 Å². The summed E-state index contributed by atoms with van der Waals surface area (Å²) < 4.78 is 6.81. The summed E-state index contributed by atoms with van der Waals surface area (Å²) in [5.74, 6) is -0.483. The van der Waals surface area contributed by atoms with Gasteiger partial charge in [0.25, 0.3) is 0 Å². The van der Waals surface area contributed by atoms with Crippen molar-refractivity contribution < 1.29 is 24.2 Å². The zero-order chi connectivity index (χ0) is 31.8. The molecule has 0 spiro atoms. The summed E-state index contributed by atoms with van der Waals surface area (Å²) in [6.07, 6.45) is 0.800. The van der Waals surface area contributed by atoms with E-state index in [-0.39, 0.29) is 41.9 Å². The van der Waals surface area contributed by atoms with Crippen molar-refractivity contribution in [3.8, 4) is 5.75 Å². The van der Waals surface area contributed by atoms with Crippen LogP contribution in [-0.4, -0.2) is 42.9 Å². The van der Waals surface area contributed by atoms with Crippen LogP contribution in [0.1, 0.15) is 72.0 Å². The number of primary amides is 1. The van der Waals surface area contributed by atoms with Gasteiger partial charge in [0.1, 0.15) is 5.75 Å². The van der Waals surface area contributed by atoms with Gasteiger partial charge >= 0.3 is 0 Å². The van der Waals surface area contributed by atoms with Gasteiger partial charge in [-0.25, -0.2) is 0 Å². The van der Waals surface area contributed by atoms with Crippen LogP contribution >= 0.6 is 0 Å². The molecule has 6 N–H and O–H groups in total. The summed E-state index contributed by atoms with van der Waals surface area (Å²) in [7, 11) is -2.12. The standard InChI is InChI=1S/C34H47N3O5Si/c1-23(36-21-31(42-43(5,6)34(2,3)4)28-14-15-30(39)29(19-28)22-38)16-25-8-7-9-26(17-25)18-32(40)37-20-24-10-12-27(13-11-24)33(35)41/h7-15,17,19,23,31,36,38-39H,16,18,20-22H2,1-6H3,(H2,35,41)(H,37,40)/t23-,31-/m1/s1. The number of nitrogens with one attached hydrogen (secondary N) is 2. The lowest BCUT2D eigenvalue weighted by Gasteiger charge is -2.40. The second-order valence-electron chi connectivity index (χ2n) is 12.8. The van der Waals surface area contributed by atoms with Gasteiger partial charge in [-0.1, -0.05) is 63.2 Å². The number of nitrogens with two attached hydrogens (primary N) is 1. The van der Waals surface area contributed by atoms with Crippen LogP contribution in [0.15, 0.2) is 66.7 Å². The summed E-state index contributed by atoms with van der Waals surface area (Å²) in [4.78, 5) is 23.9. The Balaban J connectivity index is 1.60. The van der Waals surface area contributed by atoms with Crippen LogP contribution in [0.4, 0.5) is 0 Å². The minimum atomic E-state index is -2.12. The molecule has 232 valence electrons. The number of rotatable bonds is 14. The van der Waals surface area contributed by atoms with Gasteiger partial charge in [-0.3, -0.25) is 9.59 Å². The predicted molar refractivity (Wildman–Crippen MR) is 173 cm³/mol. The van der Waals surface area contributed by atoms with Crippen molar-refractivity contribution in [1.82, 2.24) is 10.6 Å². The SMILES string of the molecule is C[C@H](Cc1cccc(CC(=O)NCc2ccc(C(N)=O)cc2)c1)NC[C@@H](O[Si](C)(C)C(C)(C)C)c1ccc(O)c(CO)c1. The van der Waals surface area contributed by atoms with Crippen LogP contribution in [-0.2, 0) is 35.2 Å². The van der Waals surface area contributed by atoms with E-state index < -0.39 is 14.2 Å². The van der Waals surface area contributed by atoms with Crippen LogP contribution in [0.3, 0.4) is 0 Å². The molecule has 3 rings (SSSR count). The summed E-state index contributed by atoms with van der Waals surface area (Å²) in [6.45, 7) is 13.9. The largest absolute Gasteiger partial charge is 0.508 e. The molecule has 43 heavy (non-hydrogen) atoms.